The largest absolute Gasteiger partial charge is 0.363 e. The Morgan fingerprint density at radius 1 is 1.42 bits per heavy atom. The normalized spacial score (nSPS) is 19.2. The van der Waals surface area contributed by atoms with Crippen molar-refractivity contribution in [2.45, 2.75) is 32.4 Å². The van der Waals surface area contributed by atoms with Crippen molar-refractivity contribution >= 4 is 17.4 Å². The van der Waals surface area contributed by atoms with Gasteiger partial charge in [0.25, 0.3) is 0 Å². The van der Waals surface area contributed by atoms with E-state index in [1.54, 1.807) is 20.0 Å². The fourth-order valence-corrected chi connectivity index (χ4v) is 3.06. The number of pyridine rings is 1. The Bertz CT molecular complexity index is 816. The second-order valence-corrected chi connectivity index (χ2v) is 6.15. The predicted octanol–water partition coefficient (Wildman–Crippen LogP) is 2.59. The molecule has 1 atom stereocenters. The van der Waals surface area contributed by atoms with Gasteiger partial charge in [-0.3, -0.25) is 4.79 Å². The highest BCUT2D eigenvalue weighted by atomic mass is 19.3. The number of nitrogens with zero attached hydrogens (tertiary/aromatic N) is 5. The molecule has 0 radical (unpaired) electrons. The molecular weight excluding hydrogens is 318 g/mol. The number of halogens is 2. The van der Waals surface area contributed by atoms with Gasteiger partial charge in [-0.1, -0.05) is 5.21 Å². The molecule has 0 aromatic carbocycles. The van der Waals surface area contributed by atoms with Gasteiger partial charge in [0, 0.05) is 24.7 Å². The summed E-state index contributed by atoms with van der Waals surface area (Å²) in [6.45, 7) is -0.960. The van der Waals surface area contributed by atoms with E-state index in [0.29, 0.717) is 33.1 Å². The van der Waals surface area contributed by atoms with Crippen molar-refractivity contribution in [3.63, 3.8) is 0 Å². The molecule has 4 rings (SSSR count). The van der Waals surface area contributed by atoms with Crippen LogP contribution < -0.4 is 10.2 Å². The van der Waals surface area contributed by atoms with Crippen LogP contribution in [0.1, 0.15) is 38.1 Å². The van der Waals surface area contributed by atoms with E-state index >= 15 is 0 Å². The third-order valence-corrected chi connectivity index (χ3v) is 4.61. The lowest BCUT2D eigenvalue weighted by Crippen LogP contribution is -2.30. The maximum atomic E-state index is 13.2. The number of carbonyl (C=O) groups excluding carboxylic acids is 1. The van der Waals surface area contributed by atoms with Crippen LogP contribution in [0.3, 0.4) is 0 Å². The lowest BCUT2D eigenvalue weighted by Gasteiger charge is -2.34. The first-order chi connectivity index (χ1) is 11.5. The van der Waals surface area contributed by atoms with Crippen molar-refractivity contribution in [1.82, 2.24) is 20.0 Å². The van der Waals surface area contributed by atoms with Gasteiger partial charge in [0.05, 0.1) is 17.4 Å². The molecule has 1 unspecified atom stereocenters. The van der Waals surface area contributed by atoms with Gasteiger partial charge in [0.2, 0.25) is 5.91 Å². The van der Waals surface area contributed by atoms with Gasteiger partial charge in [0.15, 0.2) is 5.82 Å². The molecule has 9 heteroatoms. The van der Waals surface area contributed by atoms with Crippen LogP contribution in [-0.2, 0) is 4.79 Å². The van der Waals surface area contributed by atoms with Crippen molar-refractivity contribution < 1.29 is 13.6 Å². The Morgan fingerprint density at radius 3 is 2.83 bits per heavy atom. The number of carbonyl (C=O) groups is 1. The fourth-order valence-electron chi connectivity index (χ4n) is 3.06. The van der Waals surface area contributed by atoms with Crippen LogP contribution in [0, 0.1) is 5.92 Å². The third kappa shape index (κ3) is 2.15. The van der Waals surface area contributed by atoms with Gasteiger partial charge in [0.1, 0.15) is 5.69 Å². The molecule has 1 N–H and O–H groups in total. The third-order valence-electron chi connectivity index (χ3n) is 4.61. The van der Waals surface area contributed by atoms with E-state index in [4.69, 9.17) is 0 Å². The summed E-state index contributed by atoms with van der Waals surface area (Å²) in [5.74, 6) is 0.416. The predicted molar refractivity (Wildman–Crippen MR) is 82.7 cm³/mol. The molecule has 126 valence electrons. The average Bonchev–Trinajstić information content (AvgIpc) is 3.30. The Balaban J connectivity index is 1.83. The Kier molecular flexibility index (Phi) is 3.26. The molecular formula is C15H16F2N6O. The quantitative estimate of drug-likeness (QED) is 0.934. The highest BCUT2D eigenvalue weighted by molar-refractivity contribution is 5.99. The second-order valence-electron chi connectivity index (χ2n) is 6.15. The summed E-state index contributed by atoms with van der Waals surface area (Å²) in [6, 6.07) is 1.32. The summed E-state index contributed by atoms with van der Waals surface area (Å²) in [7, 11) is 1.78. The molecule has 2 aromatic heterocycles. The SMILES string of the molecule is CC1c2c(nnn2C(F)F)-c2ccnc(NC(=O)C3CC3)c2N1C. The van der Waals surface area contributed by atoms with Crippen LogP contribution in [0.2, 0.25) is 0 Å². The molecule has 1 fully saturated rings. The minimum atomic E-state index is -2.76. The number of amides is 1. The van der Waals surface area contributed by atoms with Gasteiger partial charge in [-0.15, -0.1) is 5.10 Å². The Morgan fingerprint density at radius 2 is 2.17 bits per heavy atom. The summed E-state index contributed by atoms with van der Waals surface area (Å²) < 4.78 is 27.0. The highest BCUT2D eigenvalue weighted by Crippen LogP contribution is 2.46. The number of anilines is 2. The number of hydrogen-bond donors (Lipinski definition) is 1. The lowest BCUT2D eigenvalue weighted by atomic mass is 9.98. The zero-order chi connectivity index (χ0) is 17.0. The van der Waals surface area contributed by atoms with Crippen molar-refractivity contribution in [1.29, 1.82) is 0 Å². The molecule has 7 nitrogen and oxygen atoms in total. The van der Waals surface area contributed by atoms with Crippen molar-refractivity contribution in [2.75, 3.05) is 17.3 Å². The highest BCUT2D eigenvalue weighted by Gasteiger charge is 2.36. The summed E-state index contributed by atoms with van der Waals surface area (Å²) in [5.41, 5.74) is 2.07. The number of aromatic nitrogens is 4. The lowest BCUT2D eigenvalue weighted by molar-refractivity contribution is -0.117. The van der Waals surface area contributed by atoms with E-state index in [1.165, 1.54) is 6.20 Å². The molecule has 2 aromatic rings. The topological polar surface area (TPSA) is 75.9 Å². The maximum absolute atomic E-state index is 13.2. The molecule has 1 saturated carbocycles. The van der Waals surface area contributed by atoms with E-state index < -0.39 is 6.55 Å². The van der Waals surface area contributed by atoms with Gasteiger partial charge in [-0.25, -0.2) is 4.98 Å². The van der Waals surface area contributed by atoms with Crippen molar-refractivity contribution in [3.8, 4) is 11.3 Å². The van der Waals surface area contributed by atoms with Crippen molar-refractivity contribution in [3.05, 3.63) is 18.0 Å². The summed E-state index contributed by atoms with van der Waals surface area (Å²) in [6.07, 6.45) is 3.32. The molecule has 0 bridgehead atoms. The fraction of sp³-hybridized carbons (Fsp3) is 0.467. The van der Waals surface area contributed by atoms with E-state index in [2.05, 4.69) is 20.6 Å². The number of nitrogens with one attached hydrogen (secondary N) is 1. The first-order valence-electron chi connectivity index (χ1n) is 7.75. The molecule has 1 amide bonds. The summed E-state index contributed by atoms with van der Waals surface area (Å²) >= 11 is 0. The first kappa shape index (κ1) is 15.0. The summed E-state index contributed by atoms with van der Waals surface area (Å²) in [5, 5.41) is 10.4. The average molecular weight is 334 g/mol. The van der Waals surface area contributed by atoms with Gasteiger partial charge in [-0.05, 0) is 25.8 Å². The number of alkyl halides is 2. The Labute approximate surface area is 136 Å². The minimum absolute atomic E-state index is 0.0456. The molecule has 0 saturated heterocycles. The molecule has 2 aliphatic rings. The zero-order valence-electron chi connectivity index (χ0n) is 13.2. The molecule has 3 heterocycles. The van der Waals surface area contributed by atoms with Crippen LogP contribution >= 0.6 is 0 Å². The standard InChI is InChI=1S/C15H16F2N6O/c1-7-11-10(20-21-23(11)15(16)17)9-5-6-18-13(12(9)22(7)2)19-14(24)8-3-4-8/h5-8,15H,3-4H2,1-2H3,(H,18,19,24). The van der Waals surface area contributed by atoms with Crippen molar-refractivity contribution in [2.24, 2.45) is 5.92 Å². The number of rotatable bonds is 3. The maximum Gasteiger partial charge on any atom is 0.334 e. The minimum Gasteiger partial charge on any atom is -0.363 e. The molecule has 1 aliphatic heterocycles. The van der Waals surface area contributed by atoms with Gasteiger partial charge >= 0.3 is 6.55 Å². The van der Waals surface area contributed by atoms with Crippen LogP contribution in [-0.4, -0.2) is 32.9 Å². The Hall–Kier alpha value is -2.58. The van der Waals surface area contributed by atoms with Crippen LogP contribution in [0.5, 0.6) is 0 Å². The summed E-state index contributed by atoms with van der Waals surface area (Å²) in [4.78, 5) is 18.2. The van der Waals surface area contributed by atoms with Gasteiger partial charge < -0.3 is 10.2 Å². The van der Waals surface area contributed by atoms with E-state index in [1.807, 2.05) is 4.90 Å². The smallest absolute Gasteiger partial charge is 0.334 e. The van der Waals surface area contributed by atoms with E-state index in [-0.39, 0.29) is 17.9 Å². The van der Waals surface area contributed by atoms with Crippen LogP contribution in [0.25, 0.3) is 11.3 Å². The van der Waals surface area contributed by atoms with Gasteiger partial charge in [-0.2, -0.15) is 13.5 Å². The van der Waals surface area contributed by atoms with E-state index in [0.717, 1.165) is 12.8 Å². The van der Waals surface area contributed by atoms with Crippen LogP contribution in [0.15, 0.2) is 12.3 Å². The molecule has 1 aliphatic carbocycles. The van der Waals surface area contributed by atoms with E-state index in [9.17, 15) is 13.6 Å². The second kappa shape index (κ2) is 5.22. The monoisotopic (exact) mass is 334 g/mol. The number of hydrogen-bond acceptors (Lipinski definition) is 5. The molecule has 24 heavy (non-hydrogen) atoms. The molecule has 0 spiro atoms. The zero-order valence-corrected chi connectivity index (χ0v) is 13.2. The number of fused-ring (bicyclic) bond motifs is 3. The first-order valence-corrected chi connectivity index (χ1v) is 7.75. The van der Waals surface area contributed by atoms with Crippen LogP contribution in [0.4, 0.5) is 20.3 Å².